The van der Waals surface area contributed by atoms with Crippen molar-refractivity contribution in [2.24, 2.45) is 10.9 Å². The normalized spacial score (nSPS) is 21.0. The van der Waals surface area contributed by atoms with Crippen LogP contribution in [0.15, 0.2) is 52.9 Å². The van der Waals surface area contributed by atoms with E-state index in [2.05, 4.69) is 29.9 Å². The van der Waals surface area contributed by atoms with E-state index in [1.54, 1.807) is 13.2 Å². The van der Waals surface area contributed by atoms with Crippen LogP contribution in [0.4, 0.5) is 4.39 Å². The number of hydrazine groups is 1. The van der Waals surface area contributed by atoms with Gasteiger partial charge in [0.1, 0.15) is 11.6 Å². The Morgan fingerprint density at radius 2 is 2.12 bits per heavy atom. The number of allylic oxidation sites excluding steroid dienone is 1. The summed E-state index contributed by atoms with van der Waals surface area (Å²) in [6.45, 7) is 5.93. The zero-order chi connectivity index (χ0) is 17.6. The lowest BCUT2D eigenvalue weighted by atomic mass is 9.98. The monoisotopic (exact) mass is 341 g/mol. The number of rotatable bonds is 5. The number of hydrogen-bond acceptors (Lipinski definition) is 4. The van der Waals surface area contributed by atoms with Crippen molar-refractivity contribution in [1.29, 1.82) is 0 Å². The van der Waals surface area contributed by atoms with Crippen LogP contribution < -0.4 is 0 Å². The molecule has 0 spiro atoms. The summed E-state index contributed by atoms with van der Waals surface area (Å²) in [5.74, 6) is 1.38. The van der Waals surface area contributed by atoms with Crippen LogP contribution in [0.3, 0.4) is 0 Å². The molecule has 1 aromatic rings. The number of fused-ring (bicyclic) bond motifs is 1. The summed E-state index contributed by atoms with van der Waals surface area (Å²) in [7, 11) is 1.70. The van der Waals surface area contributed by atoms with E-state index in [1.807, 2.05) is 12.1 Å². The van der Waals surface area contributed by atoms with Gasteiger partial charge in [-0.3, -0.25) is 5.01 Å². The molecule has 2 heterocycles. The molecule has 4 nitrogen and oxygen atoms in total. The van der Waals surface area contributed by atoms with E-state index in [-0.39, 0.29) is 11.4 Å². The molecule has 3 aliphatic rings. The molecule has 132 valence electrons. The zero-order valence-electron chi connectivity index (χ0n) is 15.0. The highest BCUT2D eigenvalue weighted by Gasteiger charge is 2.47. The molecule has 0 amide bonds. The summed E-state index contributed by atoms with van der Waals surface area (Å²) in [6, 6.07) is 6.58. The summed E-state index contributed by atoms with van der Waals surface area (Å²) < 4.78 is 19.1. The molecule has 1 saturated carbocycles. The van der Waals surface area contributed by atoms with Gasteiger partial charge in [-0.1, -0.05) is 12.1 Å². The molecule has 4 rings (SSSR count). The van der Waals surface area contributed by atoms with Gasteiger partial charge in [-0.05, 0) is 56.9 Å². The van der Waals surface area contributed by atoms with Gasteiger partial charge in [0.25, 0.3) is 0 Å². The van der Waals surface area contributed by atoms with E-state index >= 15 is 0 Å². The number of halogens is 1. The zero-order valence-corrected chi connectivity index (χ0v) is 15.0. The van der Waals surface area contributed by atoms with Crippen molar-refractivity contribution in [2.45, 2.75) is 32.2 Å². The lowest BCUT2D eigenvalue weighted by molar-refractivity contribution is -0.0434. The molecule has 0 bridgehead atoms. The van der Waals surface area contributed by atoms with Gasteiger partial charge in [0, 0.05) is 24.8 Å². The quantitative estimate of drug-likeness (QED) is 0.817. The van der Waals surface area contributed by atoms with E-state index < -0.39 is 0 Å². The molecule has 0 unspecified atom stereocenters. The molecular formula is C20H24FN3O. The van der Waals surface area contributed by atoms with E-state index in [0.29, 0.717) is 6.61 Å². The van der Waals surface area contributed by atoms with Crippen LogP contribution in [0.1, 0.15) is 32.3 Å². The Hall–Kier alpha value is -1.98. The topological polar surface area (TPSA) is 28.1 Å². The number of benzene rings is 1. The smallest absolute Gasteiger partial charge is 0.145 e. The number of hydrogen-bond donors (Lipinski definition) is 0. The minimum Gasteiger partial charge on any atom is -0.378 e. The van der Waals surface area contributed by atoms with Crippen LogP contribution in [0.5, 0.6) is 0 Å². The second kappa shape index (κ2) is 6.07. The molecule has 0 saturated heterocycles. The van der Waals surface area contributed by atoms with Crippen molar-refractivity contribution < 1.29 is 9.13 Å². The molecular weight excluding hydrogens is 317 g/mol. The lowest BCUT2D eigenvalue weighted by Crippen LogP contribution is -2.53. The van der Waals surface area contributed by atoms with Gasteiger partial charge in [0.05, 0.1) is 18.0 Å². The minimum absolute atomic E-state index is 0.0803. The second-order valence-corrected chi connectivity index (χ2v) is 7.46. The van der Waals surface area contributed by atoms with Crippen LogP contribution >= 0.6 is 0 Å². The minimum atomic E-state index is -0.249. The third-order valence-corrected chi connectivity index (χ3v) is 5.37. The maximum atomic E-state index is 13.6. The molecule has 1 aromatic carbocycles. The molecule has 0 atom stereocenters. The van der Waals surface area contributed by atoms with Crippen molar-refractivity contribution >= 4 is 5.71 Å². The average Bonchev–Trinajstić information content (AvgIpc) is 3.35. The highest BCUT2D eigenvalue weighted by atomic mass is 19.1. The maximum absolute atomic E-state index is 13.6. The molecule has 1 aliphatic carbocycles. The second-order valence-electron chi connectivity index (χ2n) is 7.46. The van der Waals surface area contributed by atoms with E-state index in [0.717, 1.165) is 35.3 Å². The summed E-state index contributed by atoms with van der Waals surface area (Å²) >= 11 is 0. The van der Waals surface area contributed by atoms with Crippen LogP contribution in [-0.4, -0.2) is 41.5 Å². The fraction of sp³-hybridized carbons (Fsp3) is 0.450. The van der Waals surface area contributed by atoms with Gasteiger partial charge >= 0.3 is 0 Å². The molecule has 0 radical (unpaired) electrons. The fourth-order valence-electron chi connectivity index (χ4n) is 3.77. The summed E-state index contributed by atoms with van der Waals surface area (Å²) in [4.78, 5) is 4.79. The number of ether oxygens (including phenoxy) is 1. The first kappa shape index (κ1) is 16.5. The van der Waals surface area contributed by atoms with Gasteiger partial charge < -0.3 is 4.74 Å². The first-order chi connectivity index (χ1) is 12.0. The van der Waals surface area contributed by atoms with Crippen LogP contribution in [0.25, 0.3) is 0 Å². The van der Waals surface area contributed by atoms with Gasteiger partial charge in [-0.2, -0.15) is 0 Å². The Kier molecular flexibility index (Phi) is 4.01. The van der Waals surface area contributed by atoms with Crippen molar-refractivity contribution in [1.82, 2.24) is 10.0 Å². The van der Waals surface area contributed by atoms with Crippen molar-refractivity contribution in [2.75, 3.05) is 20.3 Å². The van der Waals surface area contributed by atoms with Gasteiger partial charge in [-0.25, -0.2) is 14.4 Å². The summed E-state index contributed by atoms with van der Waals surface area (Å²) in [5, 5.41) is 4.57. The van der Waals surface area contributed by atoms with Gasteiger partial charge in [0.2, 0.25) is 0 Å². The van der Waals surface area contributed by atoms with Crippen LogP contribution in [0, 0.1) is 11.7 Å². The molecule has 5 heteroatoms. The van der Waals surface area contributed by atoms with E-state index in [4.69, 9.17) is 9.73 Å². The first-order valence-corrected chi connectivity index (χ1v) is 8.82. The molecule has 1 fully saturated rings. The first-order valence-electron chi connectivity index (χ1n) is 8.82. The van der Waals surface area contributed by atoms with Gasteiger partial charge in [-0.15, -0.1) is 0 Å². The standard InChI is InChI=1S/C20H24FN3O/c1-20(2,15-7-8-15)23-10-9-19-22-18(12-17(13-25-3)24(19)23)14-5-4-6-16(21)11-14/h4-6,9,11-12,15H,7-8,10,13H2,1-3H3. The number of methoxy groups -OCH3 is 1. The average molecular weight is 341 g/mol. The molecule has 25 heavy (non-hydrogen) atoms. The third-order valence-electron chi connectivity index (χ3n) is 5.37. The van der Waals surface area contributed by atoms with E-state index in [1.165, 1.54) is 25.0 Å². The highest BCUT2D eigenvalue weighted by Crippen LogP contribution is 2.46. The largest absolute Gasteiger partial charge is 0.378 e. The van der Waals surface area contributed by atoms with Gasteiger partial charge in [0.15, 0.2) is 0 Å². The van der Waals surface area contributed by atoms with Crippen molar-refractivity contribution in [3.8, 4) is 0 Å². The van der Waals surface area contributed by atoms with Crippen LogP contribution in [0.2, 0.25) is 0 Å². The van der Waals surface area contributed by atoms with E-state index in [9.17, 15) is 4.39 Å². The predicted molar refractivity (Wildman–Crippen MR) is 96.3 cm³/mol. The Morgan fingerprint density at radius 1 is 1.32 bits per heavy atom. The molecule has 2 aliphatic heterocycles. The Labute approximate surface area is 148 Å². The number of nitrogens with zero attached hydrogens (tertiary/aromatic N) is 3. The van der Waals surface area contributed by atoms with Crippen molar-refractivity contribution in [3.63, 3.8) is 0 Å². The maximum Gasteiger partial charge on any atom is 0.145 e. The predicted octanol–water partition coefficient (Wildman–Crippen LogP) is 3.72. The molecule has 0 aromatic heterocycles. The van der Waals surface area contributed by atoms with Crippen LogP contribution in [-0.2, 0) is 4.74 Å². The highest BCUT2D eigenvalue weighted by molar-refractivity contribution is 6.10. The Morgan fingerprint density at radius 3 is 2.80 bits per heavy atom. The Balaban J connectivity index is 1.70. The molecule has 0 N–H and O–H groups in total. The summed E-state index contributed by atoms with van der Waals surface area (Å²) in [5.41, 5.74) is 2.68. The lowest BCUT2D eigenvalue weighted by Gasteiger charge is -2.44. The SMILES string of the molecule is COCC1=CC(c2cccc(F)c2)=NC2=CCN(C(C)(C)C3CC3)N12. The Bertz CT molecular complexity index is 777. The third kappa shape index (κ3) is 2.92. The van der Waals surface area contributed by atoms with Crippen molar-refractivity contribution in [3.05, 3.63) is 59.3 Å². The number of aliphatic imine (C=N–C) groups is 1. The fourth-order valence-corrected chi connectivity index (χ4v) is 3.77. The summed E-state index contributed by atoms with van der Waals surface area (Å²) in [6.07, 6.45) is 6.73.